The highest BCUT2D eigenvalue weighted by Gasteiger charge is 2.27. The highest BCUT2D eigenvalue weighted by molar-refractivity contribution is 5.93. The zero-order valence-electron chi connectivity index (χ0n) is 18.5. The largest absolute Gasteiger partial charge is 0.491 e. The fourth-order valence-corrected chi connectivity index (χ4v) is 2.34. The Morgan fingerprint density at radius 1 is 1.00 bits per heavy atom. The molecule has 178 valence electrons. The van der Waals surface area contributed by atoms with E-state index < -0.39 is 12.8 Å². The molecule has 0 aromatic heterocycles. The minimum absolute atomic E-state index is 0.00906. The third-order valence-corrected chi connectivity index (χ3v) is 3.66. The van der Waals surface area contributed by atoms with Gasteiger partial charge in [-0.25, -0.2) is 0 Å². The zero-order valence-corrected chi connectivity index (χ0v) is 18.5. The average molecular weight is 450 g/mol. The maximum atomic E-state index is 12.1. The number of aliphatic imine (C=N–C) groups is 1. The van der Waals surface area contributed by atoms with Gasteiger partial charge in [0.05, 0.1) is 19.3 Å². The Labute approximate surface area is 182 Å². The fourth-order valence-electron chi connectivity index (χ4n) is 2.34. The van der Waals surface area contributed by atoms with E-state index in [1.54, 1.807) is 7.11 Å². The van der Waals surface area contributed by atoms with Crippen LogP contribution in [0.25, 0.3) is 0 Å². The van der Waals surface area contributed by atoms with Gasteiger partial charge in [0, 0.05) is 39.1 Å². The zero-order chi connectivity index (χ0) is 23.0. The number of hydrogen-bond donors (Lipinski definition) is 2. The summed E-state index contributed by atoms with van der Waals surface area (Å²) in [6, 6.07) is 7.45. The van der Waals surface area contributed by atoms with Crippen LogP contribution in [-0.4, -0.2) is 71.5 Å². The molecule has 0 aliphatic heterocycles. The number of nitrogens with zero attached hydrogens (tertiary/aromatic N) is 1. The van der Waals surface area contributed by atoms with E-state index in [2.05, 4.69) is 20.4 Å². The molecule has 10 heteroatoms. The van der Waals surface area contributed by atoms with Gasteiger partial charge in [-0.3, -0.25) is 4.99 Å². The average Bonchev–Trinajstić information content (AvgIpc) is 2.69. The molecule has 0 unspecified atom stereocenters. The van der Waals surface area contributed by atoms with Crippen LogP contribution in [0.5, 0.6) is 5.75 Å². The van der Waals surface area contributed by atoms with Crippen LogP contribution in [0.15, 0.2) is 29.3 Å². The molecule has 0 radical (unpaired) electrons. The van der Waals surface area contributed by atoms with E-state index in [1.165, 1.54) is 0 Å². The number of rotatable bonds is 15. The van der Waals surface area contributed by atoms with Gasteiger partial charge in [-0.1, -0.05) is 0 Å². The molecular weight excluding hydrogens is 415 g/mol. The molecular formula is C21H34F3N3O4. The van der Waals surface area contributed by atoms with E-state index >= 15 is 0 Å². The number of methoxy groups -OCH3 is 1. The Bertz CT molecular complexity index is 611. The third kappa shape index (κ3) is 15.4. The van der Waals surface area contributed by atoms with Crippen LogP contribution in [0.2, 0.25) is 0 Å². The lowest BCUT2D eigenvalue weighted by molar-refractivity contribution is -0.173. The first-order valence-corrected chi connectivity index (χ1v) is 10.3. The van der Waals surface area contributed by atoms with Crippen LogP contribution in [0.1, 0.15) is 26.7 Å². The summed E-state index contributed by atoms with van der Waals surface area (Å²) in [6.45, 7) is 5.28. The first kappa shape index (κ1) is 27.0. The first-order valence-electron chi connectivity index (χ1n) is 10.3. The number of ether oxygens (including phenoxy) is 4. The summed E-state index contributed by atoms with van der Waals surface area (Å²) < 4.78 is 56.9. The normalized spacial score (nSPS) is 12.3. The molecule has 1 rings (SSSR count). The molecule has 7 nitrogen and oxygen atoms in total. The Hall–Kier alpha value is -2.04. The lowest BCUT2D eigenvalue weighted by Gasteiger charge is -2.14. The van der Waals surface area contributed by atoms with Crippen molar-refractivity contribution >= 4 is 11.6 Å². The lowest BCUT2D eigenvalue weighted by atomic mass is 10.3. The highest BCUT2D eigenvalue weighted by Crippen LogP contribution is 2.17. The van der Waals surface area contributed by atoms with E-state index in [1.807, 2.05) is 38.1 Å². The number of hydrogen-bond acceptors (Lipinski definition) is 5. The molecule has 0 aliphatic carbocycles. The van der Waals surface area contributed by atoms with E-state index in [0.717, 1.165) is 17.9 Å². The molecule has 0 saturated carbocycles. The van der Waals surface area contributed by atoms with Gasteiger partial charge in [0.15, 0.2) is 5.96 Å². The van der Waals surface area contributed by atoms with Crippen molar-refractivity contribution in [3.8, 4) is 5.75 Å². The third-order valence-electron chi connectivity index (χ3n) is 3.66. The predicted molar refractivity (Wildman–Crippen MR) is 115 cm³/mol. The standard InChI is InChI=1S/C21H34F3N3O4/c1-17(2)31-19-8-6-18(7-9-19)27-20(25-10-4-12-29-15-14-28-3)26-11-5-13-30-16-21(22,23)24/h6-9,17H,4-5,10-16H2,1-3H3,(H2,25,26,27). The number of anilines is 1. The highest BCUT2D eigenvalue weighted by atomic mass is 19.4. The molecule has 0 saturated heterocycles. The summed E-state index contributed by atoms with van der Waals surface area (Å²) in [5.74, 6) is 1.30. The molecule has 1 aromatic carbocycles. The summed E-state index contributed by atoms with van der Waals surface area (Å²) in [5, 5.41) is 6.38. The summed E-state index contributed by atoms with van der Waals surface area (Å²) in [4.78, 5) is 4.41. The second kappa shape index (κ2) is 15.7. The summed E-state index contributed by atoms with van der Waals surface area (Å²) >= 11 is 0. The Morgan fingerprint density at radius 3 is 2.35 bits per heavy atom. The quantitative estimate of drug-likeness (QED) is 0.241. The summed E-state index contributed by atoms with van der Waals surface area (Å²) in [5.41, 5.74) is 0.812. The van der Waals surface area contributed by atoms with E-state index in [4.69, 9.17) is 14.2 Å². The van der Waals surface area contributed by atoms with Crippen molar-refractivity contribution in [3.63, 3.8) is 0 Å². The van der Waals surface area contributed by atoms with Crippen molar-refractivity contribution in [2.24, 2.45) is 4.99 Å². The number of benzene rings is 1. The topological polar surface area (TPSA) is 73.3 Å². The summed E-state index contributed by atoms with van der Waals surface area (Å²) in [6.07, 6.45) is -3.08. The maximum absolute atomic E-state index is 12.1. The van der Waals surface area contributed by atoms with E-state index in [0.29, 0.717) is 45.3 Å². The van der Waals surface area contributed by atoms with Crippen LogP contribution in [0.4, 0.5) is 18.9 Å². The van der Waals surface area contributed by atoms with Crippen LogP contribution in [-0.2, 0) is 14.2 Å². The van der Waals surface area contributed by atoms with Crippen molar-refractivity contribution < 1.29 is 32.1 Å². The van der Waals surface area contributed by atoms with Crippen LogP contribution in [0, 0.1) is 0 Å². The molecule has 0 bridgehead atoms. The molecule has 0 spiro atoms. The second-order valence-corrected chi connectivity index (χ2v) is 6.95. The Kier molecular flexibility index (Phi) is 13.7. The van der Waals surface area contributed by atoms with Gasteiger partial charge in [-0.05, 0) is 51.0 Å². The lowest BCUT2D eigenvalue weighted by Crippen LogP contribution is -2.32. The molecule has 2 N–H and O–H groups in total. The van der Waals surface area contributed by atoms with Crippen LogP contribution >= 0.6 is 0 Å². The van der Waals surface area contributed by atoms with Crippen LogP contribution < -0.4 is 15.4 Å². The Balaban J connectivity index is 2.50. The molecule has 0 fully saturated rings. The van der Waals surface area contributed by atoms with E-state index in [-0.39, 0.29) is 12.7 Å². The van der Waals surface area contributed by atoms with Gasteiger partial charge in [-0.15, -0.1) is 0 Å². The minimum atomic E-state index is -4.31. The number of guanidine groups is 1. The second-order valence-electron chi connectivity index (χ2n) is 6.95. The van der Waals surface area contributed by atoms with Gasteiger partial charge < -0.3 is 29.6 Å². The van der Waals surface area contributed by atoms with Crippen molar-refractivity contribution in [2.75, 3.05) is 58.6 Å². The molecule has 0 atom stereocenters. The molecule has 0 aliphatic rings. The summed E-state index contributed by atoms with van der Waals surface area (Å²) in [7, 11) is 1.62. The van der Waals surface area contributed by atoms with Crippen molar-refractivity contribution in [1.82, 2.24) is 5.32 Å². The van der Waals surface area contributed by atoms with Gasteiger partial charge in [-0.2, -0.15) is 13.2 Å². The van der Waals surface area contributed by atoms with Crippen LogP contribution in [0.3, 0.4) is 0 Å². The van der Waals surface area contributed by atoms with Gasteiger partial charge >= 0.3 is 6.18 Å². The van der Waals surface area contributed by atoms with E-state index in [9.17, 15) is 13.2 Å². The fraction of sp³-hybridized carbons (Fsp3) is 0.667. The minimum Gasteiger partial charge on any atom is -0.491 e. The number of alkyl halides is 3. The predicted octanol–water partition coefficient (Wildman–Crippen LogP) is 3.85. The SMILES string of the molecule is COCCOCCCNC(=NCCCOCC(F)(F)F)Nc1ccc(OC(C)C)cc1. The molecule has 1 aromatic rings. The van der Waals surface area contributed by atoms with Crippen molar-refractivity contribution in [1.29, 1.82) is 0 Å². The molecule has 0 heterocycles. The van der Waals surface area contributed by atoms with Crippen molar-refractivity contribution in [3.05, 3.63) is 24.3 Å². The Morgan fingerprint density at radius 2 is 1.71 bits per heavy atom. The van der Waals surface area contributed by atoms with Gasteiger partial charge in [0.25, 0.3) is 0 Å². The number of halogens is 3. The van der Waals surface area contributed by atoms with Crippen molar-refractivity contribution in [2.45, 2.75) is 39.0 Å². The number of nitrogens with one attached hydrogen (secondary N) is 2. The monoisotopic (exact) mass is 449 g/mol. The first-order chi connectivity index (χ1) is 14.8. The van der Waals surface area contributed by atoms with Gasteiger partial charge in [0.1, 0.15) is 12.4 Å². The molecule has 0 amide bonds. The smallest absolute Gasteiger partial charge is 0.411 e. The molecule has 31 heavy (non-hydrogen) atoms. The van der Waals surface area contributed by atoms with Gasteiger partial charge in [0.2, 0.25) is 0 Å². The maximum Gasteiger partial charge on any atom is 0.411 e.